The second kappa shape index (κ2) is 11.1. The molecular formula is C32H32N2O4S. The highest BCUT2D eigenvalue weighted by Crippen LogP contribution is 2.33. The van der Waals surface area contributed by atoms with Gasteiger partial charge < -0.3 is 9.64 Å². The van der Waals surface area contributed by atoms with Gasteiger partial charge in [-0.1, -0.05) is 50.2 Å². The van der Waals surface area contributed by atoms with E-state index in [1.807, 2.05) is 30.5 Å². The minimum atomic E-state index is -3.35. The van der Waals surface area contributed by atoms with E-state index in [-0.39, 0.29) is 10.8 Å². The van der Waals surface area contributed by atoms with Crippen molar-refractivity contribution in [2.24, 2.45) is 0 Å². The zero-order valence-corrected chi connectivity index (χ0v) is 23.2. The van der Waals surface area contributed by atoms with Crippen molar-refractivity contribution in [2.75, 3.05) is 32.6 Å². The van der Waals surface area contributed by atoms with Gasteiger partial charge in [-0.3, -0.25) is 9.78 Å². The molecule has 1 aliphatic rings. The number of fused-ring (bicyclic) bond motifs is 1. The Kier molecular flexibility index (Phi) is 7.64. The van der Waals surface area contributed by atoms with E-state index < -0.39 is 9.84 Å². The molecule has 0 atom stereocenters. The summed E-state index contributed by atoms with van der Waals surface area (Å²) < 4.78 is 29.5. The van der Waals surface area contributed by atoms with Gasteiger partial charge in [0.25, 0.3) is 5.91 Å². The fourth-order valence-corrected chi connectivity index (χ4v) is 5.45. The Hall–Kier alpha value is -3.81. The number of ether oxygens (including phenoxy) is 1. The first-order valence-electron chi connectivity index (χ1n) is 13.1. The van der Waals surface area contributed by atoms with E-state index in [0.717, 1.165) is 27.6 Å². The summed E-state index contributed by atoms with van der Waals surface area (Å²) in [6.07, 6.45) is 4.87. The van der Waals surface area contributed by atoms with E-state index in [4.69, 9.17) is 4.74 Å². The number of benzene rings is 3. The van der Waals surface area contributed by atoms with Crippen LogP contribution in [-0.2, 0) is 19.4 Å². The maximum Gasteiger partial charge on any atom is 0.254 e. The van der Waals surface area contributed by atoms with Crippen molar-refractivity contribution in [3.05, 3.63) is 95.7 Å². The summed E-state index contributed by atoms with van der Waals surface area (Å²) in [6, 6.07) is 23.0. The van der Waals surface area contributed by atoms with Crippen LogP contribution in [0.3, 0.4) is 0 Å². The van der Waals surface area contributed by atoms with Crippen molar-refractivity contribution >= 4 is 38.3 Å². The maximum atomic E-state index is 13.7. The summed E-state index contributed by atoms with van der Waals surface area (Å²) in [4.78, 5) is 20.4. The average Bonchev–Trinajstić information content (AvgIpc) is 2.95. The Labute approximate surface area is 229 Å². The topological polar surface area (TPSA) is 76.6 Å². The highest BCUT2D eigenvalue weighted by atomic mass is 32.2. The van der Waals surface area contributed by atoms with Crippen molar-refractivity contribution in [2.45, 2.75) is 24.7 Å². The highest BCUT2D eigenvalue weighted by molar-refractivity contribution is 7.90. The minimum Gasteiger partial charge on any atom is -0.378 e. The van der Waals surface area contributed by atoms with Crippen LogP contribution in [0.1, 0.15) is 36.5 Å². The molecule has 2 heterocycles. The molecule has 1 aliphatic heterocycles. The van der Waals surface area contributed by atoms with Crippen LogP contribution in [0.25, 0.3) is 33.7 Å². The zero-order chi connectivity index (χ0) is 27.6. The molecule has 3 aromatic carbocycles. The maximum absolute atomic E-state index is 13.7. The van der Waals surface area contributed by atoms with E-state index in [9.17, 15) is 13.2 Å². The van der Waals surface area contributed by atoms with Crippen LogP contribution in [0.5, 0.6) is 0 Å². The molecule has 0 N–H and O–H groups in total. The second-order valence-corrected chi connectivity index (χ2v) is 12.2. The Bertz CT molecular complexity index is 1650. The van der Waals surface area contributed by atoms with Crippen LogP contribution in [0, 0.1) is 0 Å². The average molecular weight is 541 g/mol. The highest BCUT2D eigenvalue weighted by Gasteiger charge is 2.22. The zero-order valence-electron chi connectivity index (χ0n) is 22.4. The van der Waals surface area contributed by atoms with Gasteiger partial charge in [0.1, 0.15) is 0 Å². The van der Waals surface area contributed by atoms with E-state index in [1.165, 1.54) is 11.8 Å². The lowest BCUT2D eigenvalue weighted by Gasteiger charge is -2.28. The van der Waals surface area contributed by atoms with Crippen molar-refractivity contribution in [3.63, 3.8) is 0 Å². The lowest BCUT2D eigenvalue weighted by Crippen LogP contribution is -2.41. The van der Waals surface area contributed by atoms with Crippen LogP contribution in [0.4, 0.5) is 0 Å². The third-order valence-electron chi connectivity index (χ3n) is 7.02. The molecule has 1 saturated heterocycles. The van der Waals surface area contributed by atoms with Crippen molar-refractivity contribution < 1.29 is 17.9 Å². The number of aromatic nitrogens is 1. The molecule has 0 spiro atoms. The quantitative estimate of drug-likeness (QED) is 0.227. The third kappa shape index (κ3) is 5.95. The molecule has 1 amide bonds. The smallest absolute Gasteiger partial charge is 0.254 e. The minimum absolute atomic E-state index is 0.107. The number of carbonyl (C=O) groups excluding carboxylic acids is 1. The van der Waals surface area contributed by atoms with Gasteiger partial charge in [-0.05, 0) is 70.6 Å². The van der Waals surface area contributed by atoms with Gasteiger partial charge in [0.05, 0.1) is 23.6 Å². The van der Waals surface area contributed by atoms with Gasteiger partial charge in [0.15, 0.2) is 9.84 Å². The first-order valence-corrected chi connectivity index (χ1v) is 15.0. The summed E-state index contributed by atoms with van der Waals surface area (Å²) >= 11 is 0. The number of hydrogen-bond acceptors (Lipinski definition) is 5. The number of amides is 1. The molecule has 200 valence electrons. The van der Waals surface area contributed by atoms with Crippen molar-refractivity contribution in [1.29, 1.82) is 0 Å². The SMILES string of the molecule is CC(C)c1cc(-c2cccc(/C=C(\C(=O)N3CCOCC3)c3ccc(S(C)(=O)=O)cc3)c2)c2ncccc2c1. The molecule has 5 rings (SSSR count). The largest absolute Gasteiger partial charge is 0.378 e. The number of morpholine rings is 1. The molecule has 0 aliphatic carbocycles. The van der Waals surface area contributed by atoms with E-state index in [1.54, 1.807) is 29.2 Å². The third-order valence-corrected chi connectivity index (χ3v) is 8.15. The number of rotatable bonds is 6. The van der Waals surface area contributed by atoms with Gasteiger partial charge in [0.2, 0.25) is 0 Å². The number of hydrogen-bond donors (Lipinski definition) is 0. The van der Waals surface area contributed by atoms with Crippen LogP contribution >= 0.6 is 0 Å². The number of pyridine rings is 1. The predicted molar refractivity (Wildman–Crippen MR) is 156 cm³/mol. The Balaban J connectivity index is 1.61. The molecule has 39 heavy (non-hydrogen) atoms. The van der Waals surface area contributed by atoms with Gasteiger partial charge in [-0.15, -0.1) is 0 Å². The van der Waals surface area contributed by atoms with Crippen LogP contribution in [0.15, 0.2) is 83.9 Å². The summed E-state index contributed by atoms with van der Waals surface area (Å²) in [5, 5.41) is 1.09. The molecule has 0 radical (unpaired) electrons. The molecule has 0 saturated carbocycles. The Morgan fingerprint density at radius 3 is 2.41 bits per heavy atom. The van der Waals surface area contributed by atoms with Crippen LogP contribution in [-0.4, -0.2) is 56.8 Å². The molecule has 0 unspecified atom stereocenters. The number of carbonyl (C=O) groups is 1. The molecule has 6 nitrogen and oxygen atoms in total. The Morgan fingerprint density at radius 2 is 1.72 bits per heavy atom. The first-order chi connectivity index (χ1) is 18.7. The lowest BCUT2D eigenvalue weighted by atomic mass is 9.93. The fraction of sp³-hybridized carbons (Fsp3) is 0.250. The summed E-state index contributed by atoms with van der Waals surface area (Å²) in [5.41, 5.74) is 6.28. The van der Waals surface area contributed by atoms with E-state index >= 15 is 0 Å². The van der Waals surface area contributed by atoms with Gasteiger partial charge >= 0.3 is 0 Å². The van der Waals surface area contributed by atoms with Gasteiger partial charge in [0, 0.05) is 42.1 Å². The van der Waals surface area contributed by atoms with E-state index in [2.05, 4.69) is 49.2 Å². The van der Waals surface area contributed by atoms with Gasteiger partial charge in [-0.2, -0.15) is 0 Å². The molecule has 7 heteroatoms. The van der Waals surface area contributed by atoms with E-state index in [0.29, 0.717) is 43.4 Å². The van der Waals surface area contributed by atoms with Gasteiger partial charge in [-0.25, -0.2) is 8.42 Å². The first kappa shape index (κ1) is 26.8. The second-order valence-electron chi connectivity index (χ2n) is 10.2. The number of sulfone groups is 1. The predicted octanol–water partition coefficient (Wildman–Crippen LogP) is 5.83. The summed E-state index contributed by atoms with van der Waals surface area (Å²) in [7, 11) is -3.35. The monoisotopic (exact) mass is 540 g/mol. The normalized spacial score (nSPS) is 14.7. The molecular weight excluding hydrogens is 508 g/mol. The molecule has 0 bridgehead atoms. The standard InChI is InChI=1S/C32H32N2O4S/c1-22(2)27-20-26-8-5-13-33-31(26)29(21-27)25-7-4-6-23(18-25)19-30(32(35)34-14-16-38-17-15-34)24-9-11-28(12-10-24)39(3,36)37/h4-13,18-22H,14-17H2,1-3H3/b30-19-. The van der Waals surface area contributed by atoms with Crippen molar-refractivity contribution in [3.8, 4) is 11.1 Å². The summed E-state index contributed by atoms with van der Waals surface area (Å²) in [5.74, 6) is 0.258. The summed E-state index contributed by atoms with van der Waals surface area (Å²) in [6.45, 7) is 6.37. The van der Waals surface area contributed by atoms with Crippen LogP contribution in [0.2, 0.25) is 0 Å². The molecule has 4 aromatic rings. The molecule has 1 fully saturated rings. The molecule has 1 aromatic heterocycles. The van der Waals surface area contributed by atoms with Crippen molar-refractivity contribution in [1.82, 2.24) is 9.88 Å². The Morgan fingerprint density at radius 1 is 0.974 bits per heavy atom. The van der Waals surface area contributed by atoms with Crippen LogP contribution < -0.4 is 0 Å². The lowest BCUT2D eigenvalue weighted by molar-refractivity contribution is -0.128. The number of nitrogens with zero attached hydrogens (tertiary/aromatic N) is 2. The fourth-order valence-electron chi connectivity index (χ4n) is 4.82.